The van der Waals surface area contributed by atoms with Gasteiger partial charge < -0.3 is 15.4 Å². The Bertz CT molecular complexity index is 1840. The lowest BCUT2D eigenvalue weighted by Gasteiger charge is -2.22. The van der Waals surface area contributed by atoms with Crippen molar-refractivity contribution in [1.82, 2.24) is 14.5 Å². The lowest BCUT2D eigenvalue weighted by atomic mass is 9.93. The van der Waals surface area contributed by atoms with Crippen molar-refractivity contribution in [2.24, 2.45) is 5.92 Å². The lowest BCUT2D eigenvalue weighted by Crippen LogP contribution is -2.31. The number of benzene rings is 2. The number of aromatic nitrogens is 3. The monoisotopic (exact) mass is 603 g/mol. The van der Waals surface area contributed by atoms with Gasteiger partial charge in [-0.2, -0.15) is 0 Å². The molecule has 5 rings (SSSR count). The number of rotatable bonds is 10. The third-order valence-corrected chi connectivity index (χ3v) is 7.67. The van der Waals surface area contributed by atoms with Crippen LogP contribution >= 0.6 is 0 Å². The van der Waals surface area contributed by atoms with Crippen LogP contribution in [0.3, 0.4) is 0 Å². The molecule has 0 spiro atoms. The third kappa shape index (κ3) is 7.06. The summed E-state index contributed by atoms with van der Waals surface area (Å²) in [6.45, 7) is 13.3. The summed E-state index contributed by atoms with van der Waals surface area (Å²) in [6.07, 6.45) is 5.17. The Morgan fingerprint density at radius 2 is 1.53 bits per heavy atom. The SMILES string of the molecule is CC(C)Cn1c(=O)c(NC(=O)Nc2c(C(C)C)cccc2C(C)C)c(-c2cccc(OCc3cccnc3)c2)c2cccnc21. The Hall–Kier alpha value is -4.98. The summed E-state index contributed by atoms with van der Waals surface area (Å²) in [5, 5.41) is 6.84. The number of hydrogen-bond acceptors (Lipinski definition) is 5. The smallest absolute Gasteiger partial charge is 0.323 e. The zero-order valence-corrected chi connectivity index (χ0v) is 26.8. The highest BCUT2D eigenvalue weighted by molar-refractivity contribution is 6.07. The minimum absolute atomic E-state index is 0.177. The van der Waals surface area contributed by atoms with Gasteiger partial charge in [0.2, 0.25) is 0 Å². The minimum atomic E-state index is -0.480. The standard InChI is InChI=1S/C37H41N5O3/c1-23(2)21-42-35-31(16-10-18-39-35)32(27-12-7-13-28(19-27)45-22-26-11-9-17-38-20-26)34(36(42)43)41-37(44)40-33-29(24(3)4)14-8-15-30(33)25(5)6/h7-20,23-25H,21-22H2,1-6H3,(H2,40,41,44). The predicted octanol–water partition coefficient (Wildman–Crippen LogP) is 8.58. The average molecular weight is 604 g/mol. The summed E-state index contributed by atoms with van der Waals surface area (Å²) in [5.41, 5.74) is 5.54. The van der Waals surface area contributed by atoms with Crippen molar-refractivity contribution in [1.29, 1.82) is 0 Å². The molecule has 45 heavy (non-hydrogen) atoms. The van der Waals surface area contributed by atoms with Crippen LogP contribution in [-0.2, 0) is 13.2 Å². The van der Waals surface area contributed by atoms with E-state index in [1.165, 1.54) is 0 Å². The lowest BCUT2D eigenvalue weighted by molar-refractivity contribution is 0.262. The third-order valence-electron chi connectivity index (χ3n) is 7.67. The molecule has 0 atom stereocenters. The zero-order valence-electron chi connectivity index (χ0n) is 26.8. The fraction of sp³-hybridized carbons (Fsp3) is 0.297. The van der Waals surface area contributed by atoms with Crippen molar-refractivity contribution in [3.8, 4) is 16.9 Å². The second kappa shape index (κ2) is 13.8. The van der Waals surface area contributed by atoms with Crippen LogP contribution in [-0.4, -0.2) is 20.6 Å². The molecule has 0 saturated carbocycles. The first-order valence-corrected chi connectivity index (χ1v) is 15.5. The van der Waals surface area contributed by atoms with Gasteiger partial charge >= 0.3 is 6.03 Å². The molecule has 232 valence electrons. The number of carbonyl (C=O) groups is 1. The van der Waals surface area contributed by atoms with E-state index >= 15 is 0 Å². The molecule has 0 fully saturated rings. The fourth-order valence-electron chi connectivity index (χ4n) is 5.58. The van der Waals surface area contributed by atoms with E-state index < -0.39 is 6.03 Å². The summed E-state index contributed by atoms with van der Waals surface area (Å²) in [7, 11) is 0. The van der Waals surface area contributed by atoms with Gasteiger partial charge in [-0.05, 0) is 64.8 Å². The highest BCUT2D eigenvalue weighted by Crippen LogP contribution is 2.36. The van der Waals surface area contributed by atoms with E-state index in [2.05, 4.69) is 48.3 Å². The maximum absolute atomic E-state index is 14.3. The zero-order chi connectivity index (χ0) is 32.1. The van der Waals surface area contributed by atoms with Gasteiger partial charge in [0, 0.05) is 47.3 Å². The number of pyridine rings is 3. The second-order valence-electron chi connectivity index (χ2n) is 12.3. The molecule has 0 aliphatic heterocycles. The molecule has 8 heteroatoms. The van der Waals surface area contributed by atoms with Gasteiger partial charge in [0.15, 0.2) is 0 Å². The number of anilines is 2. The Balaban J connectivity index is 1.62. The van der Waals surface area contributed by atoms with Gasteiger partial charge in [0.1, 0.15) is 23.7 Å². The molecule has 0 saturated heterocycles. The molecule has 2 aromatic carbocycles. The molecule has 3 heterocycles. The molecule has 3 aromatic heterocycles. The maximum atomic E-state index is 14.3. The Labute approximate surface area is 264 Å². The molecular weight excluding hydrogens is 562 g/mol. The highest BCUT2D eigenvalue weighted by Gasteiger charge is 2.23. The highest BCUT2D eigenvalue weighted by atomic mass is 16.5. The number of ether oxygens (including phenoxy) is 1. The summed E-state index contributed by atoms with van der Waals surface area (Å²) >= 11 is 0. The van der Waals surface area contributed by atoms with E-state index in [4.69, 9.17) is 4.74 Å². The molecule has 0 aliphatic rings. The van der Waals surface area contributed by atoms with E-state index in [1.54, 1.807) is 23.2 Å². The number of urea groups is 1. The van der Waals surface area contributed by atoms with Crippen LogP contribution in [0, 0.1) is 5.92 Å². The van der Waals surface area contributed by atoms with Crippen molar-refractivity contribution >= 4 is 28.4 Å². The Morgan fingerprint density at radius 3 is 2.20 bits per heavy atom. The van der Waals surface area contributed by atoms with Gasteiger partial charge in [-0.3, -0.25) is 14.3 Å². The molecule has 0 aliphatic carbocycles. The van der Waals surface area contributed by atoms with E-state index in [1.807, 2.05) is 80.6 Å². The number of nitrogens with zero attached hydrogens (tertiary/aromatic N) is 3. The summed E-state index contributed by atoms with van der Waals surface area (Å²) in [4.78, 5) is 36.9. The first kappa shape index (κ1) is 31.4. The first-order valence-electron chi connectivity index (χ1n) is 15.5. The quantitative estimate of drug-likeness (QED) is 0.167. The summed E-state index contributed by atoms with van der Waals surface area (Å²) in [6, 6.07) is 20.8. The number of amides is 2. The van der Waals surface area contributed by atoms with Crippen LogP contribution in [0.4, 0.5) is 16.2 Å². The number of fused-ring (bicyclic) bond motifs is 1. The fourth-order valence-corrected chi connectivity index (χ4v) is 5.58. The van der Waals surface area contributed by atoms with E-state index in [0.29, 0.717) is 30.1 Å². The van der Waals surface area contributed by atoms with Crippen LogP contribution in [0.25, 0.3) is 22.2 Å². The van der Waals surface area contributed by atoms with Gasteiger partial charge in [-0.15, -0.1) is 0 Å². The van der Waals surface area contributed by atoms with Gasteiger partial charge in [-0.25, -0.2) is 9.78 Å². The maximum Gasteiger partial charge on any atom is 0.323 e. The summed E-state index contributed by atoms with van der Waals surface area (Å²) in [5.74, 6) is 1.19. The van der Waals surface area contributed by atoms with Crippen LogP contribution < -0.4 is 20.9 Å². The number of para-hydroxylation sites is 1. The van der Waals surface area contributed by atoms with Crippen molar-refractivity contribution < 1.29 is 9.53 Å². The molecule has 0 unspecified atom stereocenters. The second-order valence-corrected chi connectivity index (χ2v) is 12.3. The minimum Gasteiger partial charge on any atom is -0.489 e. The van der Waals surface area contributed by atoms with Crippen molar-refractivity contribution in [2.75, 3.05) is 10.6 Å². The van der Waals surface area contributed by atoms with E-state index in [9.17, 15) is 9.59 Å². The molecule has 8 nitrogen and oxygen atoms in total. The van der Waals surface area contributed by atoms with Crippen molar-refractivity contribution in [2.45, 2.75) is 66.5 Å². The normalized spacial score (nSPS) is 11.4. The Kier molecular flexibility index (Phi) is 9.62. The molecule has 5 aromatic rings. The first-order chi connectivity index (χ1) is 21.6. The molecular formula is C37H41N5O3. The van der Waals surface area contributed by atoms with Crippen LogP contribution in [0.1, 0.15) is 70.1 Å². The largest absolute Gasteiger partial charge is 0.489 e. The number of nitrogens with one attached hydrogen (secondary N) is 2. The van der Waals surface area contributed by atoms with Crippen LogP contribution in [0.2, 0.25) is 0 Å². The molecule has 0 bridgehead atoms. The number of carbonyl (C=O) groups excluding carboxylic acids is 1. The van der Waals surface area contributed by atoms with E-state index in [-0.39, 0.29) is 29.0 Å². The molecule has 0 radical (unpaired) electrons. The molecule has 2 N–H and O–H groups in total. The van der Waals surface area contributed by atoms with Crippen molar-refractivity contribution in [3.05, 3.63) is 112 Å². The Morgan fingerprint density at radius 1 is 0.844 bits per heavy atom. The average Bonchev–Trinajstić information content (AvgIpc) is 3.02. The van der Waals surface area contributed by atoms with Gasteiger partial charge in [-0.1, -0.05) is 77.9 Å². The topological polar surface area (TPSA) is 98.1 Å². The predicted molar refractivity (Wildman–Crippen MR) is 182 cm³/mol. The number of hydrogen-bond donors (Lipinski definition) is 2. The molecule has 2 amide bonds. The van der Waals surface area contributed by atoms with Crippen molar-refractivity contribution in [3.63, 3.8) is 0 Å². The summed E-state index contributed by atoms with van der Waals surface area (Å²) < 4.78 is 7.76. The van der Waals surface area contributed by atoms with Crippen LogP contribution in [0.5, 0.6) is 5.75 Å². The van der Waals surface area contributed by atoms with Gasteiger partial charge in [0.25, 0.3) is 5.56 Å². The van der Waals surface area contributed by atoms with E-state index in [0.717, 1.165) is 33.3 Å². The van der Waals surface area contributed by atoms with Crippen LogP contribution in [0.15, 0.2) is 90.1 Å². The van der Waals surface area contributed by atoms with Gasteiger partial charge in [0.05, 0.1) is 0 Å².